The van der Waals surface area contributed by atoms with E-state index < -0.39 is 5.41 Å². The Balaban J connectivity index is 1.48. The predicted octanol–water partition coefficient (Wildman–Crippen LogP) is 5.84. The zero-order chi connectivity index (χ0) is 24.9. The summed E-state index contributed by atoms with van der Waals surface area (Å²) in [5.41, 5.74) is 6.28. The Morgan fingerprint density at radius 1 is 0.889 bits per heavy atom. The van der Waals surface area contributed by atoms with Crippen LogP contribution in [-0.4, -0.2) is 29.3 Å². The Morgan fingerprint density at radius 3 is 2.36 bits per heavy atom. The number of aryl methyl sites for hydroxylation is 1. The number of pyridine rings is 2. The maximum atomic E-state index is 9.50. The normalized spacial score (nSPS) is 11.7. The van der Waals surface area contributed by atoms with E-state index in [1.54, 1.807) is 12.5 Å². The van der Waals surface area contributed by atoms with Gasteiger partial charge in [-0.3, -0.25) is 14.2 Å². The van der Waals surface area contributed by atoms with Crippen LogP contribution in [0.3, 0.4) is 0 Å². The highest BCUT2D eigenvalue weighted by atomic mass is 15.3. The van der Waals surface area contributed by atoms with Crippen molar-refractivity contribution < 1.29 is 0 Å². The van der Waals surface area contributed by atoms with Gasteiger partial charge in [0.25, 0.3) is 0 Å². The first-order valence-electron chi connectivity index (χ1n) is 11.7. The summed E-state index contributed by atoms with van der Waals surface area (Å²) < 4.78 is 3.75. The standard InChI is InChI=1S/C29H23N7/c1-29(2,17-30)22-8-4-19(5-9-22)28-27-23-14-20(6-10-24(23)32-16-25(27)35(3)34-28)21-7-11-26(33-15-21)36-13-12-31-18-36/h4-16,18H,1-3H3. The van der Waals surface area contributed by atoms with Gasteiger partial charge in [0, 0.05) is 47.5 Å². The second-order valence-electron chi connectivity index (χ2n) is 9.41. The highest BCUT2D eigenvalue weighted by molar-refractivity contribution is 6.12. The summed E-state index contributed by atoms with van der Waals surface area (Å²) in [7, 11) is 1.94. The Hall–Kier alpha value is -4.83. The fourth-order valence-corrected chi connectivity index (χ4v) is 4.53. The molecule has 0 saturated carbocycles. The number of hydrogen-bond donors (Lipinski definition) is 0. The van der Waals surface area contributed by atoms with E-state index in [-0.39, 0.29) is 0 Å². The van der Waals surface area contributed by atoms with Crippen molar-refractivity contribution in [3.8, 4) is 34.3 Å². The number of rotatable bonds is 4. The predicted molar refractivity (Wildman–Crippen MR) is 140 cm³/mol. The van der Waals surface area contributed by atoms with Gasteiger partial charge >= 0.3 is 0 Å². The lowest BCUT2D eigenvalue weighted by molar-refractivity contribution is 0.687. The number of fused-ring (bicyclic) bond motifs is 3. The molecule has 6 rings (SSSR count). The highest BCUT2D eigenvalue weighted by Crippen LogP contribution is 2.35. The van der Waals surface area contributed by atoms with E-state index in [1.165, 1.54) is 0 Å². The molecule has 36 heavy (non-hydrogen) atoms. The van der Waals surface area contributed by atoms with E-state index in [1.807, 2.05) is 85.1 Å². The fraction of sp³-hybridized carbons (Fsp3) is 0.138. The molecule has 0 bridgehead atoms. The summed E-state index contributed by atoms with van der Waals surface area (Å²) >= 11 is 0. The molecule has 6 aromatic rings. The van der Waals surface area contributed by atoms with E-state index >= 15 is 0 Å². The maximum absolute atomic E-state index is 9.50. The molecule has 0 unspecified atom stereocenters. The van der Waals surface area contributed by atoms with Gasteiger partial charge in [0.15, 0.2) is 0 Å². The highest BCUT2D eigenvalue weighted by Gasteiger charge is 2.21. The third kappa shape index (κ3) is 3.51. The second kappa shape index (κ2) is 8.14. The van der Waals surface area contributed by atoms with Crippen LogP contribution in [0.5, 0.6) is 0 Å². The molecular formula is C29H23N7. The van der Waals surface area contributed by atoms with Crippen LogP contribution in [0.25, 0.3) is 50.0 Å². The number of aromatic nitrogens is 6. The zero-order valence-corrected chi connectivity index (χ0v) is 20.2. The summed E-state index contributed by atoms with van der Waals surface area (Å²) in [5, 5.41) is 16.4. The molecule has 0 aliphatic rings. The molecule has 7 heteroatoms. The Morgan fingerprint density at radius 2 is 1.67 bits per heavy atom. The first-order chi connectivity index (χ1) is 17.4. The number of nitriles is 1. The summed E-state index contributed by atoms with van der Waals surface area (Å²) in [6, 6.07) is 20.8. The minimum atomic E-state index is -0.544. The van der Waals surface area contributed by atoms with Crippen molar-refractivity contribution in [2.75, 3.05) is 0 Å². The van der Waals surface area contributed by atoms with E-state index in [0.29, 0.717) is 0 Å². The molecule has 2 aromatic carbocycles. The molecule has 4 aromatic heterocycles. The quantitative estimate of drug-likeness (QED) is 0.324. The summed E-state index contributed by atoms with van der Waals surface area (Å²) in [6.45, 7) is 3.85. The average molecular weight is 470 g/mol. The first kappa shape index (κ1) is 21.7. The summed E-state index contributed by atoms with van der Waals surface area (Å²) in [6.07, 6.45) is 9.10. The SMILES string of the molecule is Cn1nc(-c2ccc(C(C)(C)C#N)cc2)c2c3cc(-c4ccc(-n5ccnc5)nc4)ccc3ncc21. The van der Waals surface area contributed by atoms with E-state index in [9.17, 15) is 5.26 Å². The van der Waals surface area contributed by atoms with Crippen molar-refractivity contribution >= 4 is 21.8 Å². The third-order valence-electron chi connectivity index (χ3n) is 6.69. The third-order valence-corrected chi connectivity index (χ3v) is 6.69. The van der Waals surface area contributed by atoms with Gasteiger partial charge in [-0.1, -0.05) is 30.3 Å². The van der Waals surface area contributed by atoms with Crippen LogP contribution in [-0.2, 0) is 12.5 Å². The molecule has 0 spiro atoms. The van der Waals surface area contributed by atoms with Crippen LogP contribution in [0.1, 0.15) is 19.4 Å². The molecular weight excluding hydrogens is 446 g/mol. The lowest BCUT2D eigenvalue weighted by Crippen LogP contribution is -2.13. The zero-order valence-electron chi connectivity index (χ0n) is 20.2. The van der Waals surface area contributed by atoms with Crippen LogP contribution in [0, 0.1) is 11.3 Å². The molecule has 7 nitrogen and oxygen atoms in total. The van der Waals surface area contributed by atoms with Crippen LogP contribution < -0.4 is 0 Å². The first-order valence-corrected chi connectivity index (χ1v) is 11.7. The molecule has 0 amide bonds. The molecule has 0 atom stereocenters. The molecule has 0 radical (unpaired) electrons. The van der Waals surface area contributed by atoms with Gasteiger partial charge in [0.1, 0.15) is 17.8 Å². The fourth-order valence-electron chi connectivity index (χ4n) is 4.53. The summed E-state index contributed by atoms with van der Waals surface area (Å²) in [4.78, 5) is 13.4. The minimum Gasteiger partial charge on any atom is -0.291 e. The number of imidazole rings is 1. The van der Waals surface area contributed by atoms with Crippen LogP contribution in [0.2, 0.25) is 0 Å². The van der Waals surface area contributed by atoms with Gasteiger partial charge in [0.05, 0.1) is 28.7 Å². The van der Waals surface area contributed by atoms with Crippen molar-refractivity contribution in [3.05, 3.63) is 91.3 Å². The summed E-state index contributed by atoms with van der Waals surface area (Å²) in [5.74, 6) is 0.818. The smallest absolute Gasteiger partial charge is 0.137 e. The minimum absolute atomic E-state index is 0.544. The van der Waals surface area contributed by atoms with Gasteiger partial charge in [-0.15, -0.1) is 0 Å². The molecule has 0 aliphatic heterocycles. The Labute approximate surface area is 208 Å². The van der Waals surface area contributed by atoms with E-state index in [4.69, 9.17) is 10.1 Å². The Bertz CT molecular complexity index is 1750. The molecule has 174 valence electrons. The molecule has 0 aliphatic carbocycles. The average Bonchev–Trinajstić information content (AvgIpc) is 3.57. The maximum Gasteiger partial charge on any atom is 0.137 e. The molecule has 0 fully saturated rings. The topological polar surface area (TPSA) is 85.2 Å². The lowest BCUT2D eigenvalue weighted by atomic mass is 9.86. The van der Waals surface area contributed by atoms with Crippen LogP contribution >= 0.6 is 0 Å². The number of nitrogens with zero attached hydrogens (tertiary/aromatic N) is 7. The van der Waals surface area contributed by atoms with Gasteiger partial charge in [0.2, 0.25) is 0 Å². The van der Waals surface area contributed by atoms with Gasteiger partial charge in [-0.2, -0.15) is 10.4 Å². The second-order valence-corrected chi connectivity index (χ2v) is 9.41. The van der Waals surface area contributed by atoms with Gasteiger partial charge < -0.3 is 0 Å². The number of hydrogen-bond acceptors (Lipinski definition) is 5. The van der Waals surface area contributed by atoms with Crippen molar-refractivity contribution in [1.29, 1.82) is 5.26 Å². The van der Waals surface area contributed by atoms with Gasteiger partial charge in [-0.05, 0) is 49.2 Å². The van der Waals surface area contributed by atoms with Crippen molar-refractivity contribution in [2.24, 2.45) is 7.05 Å². The monoisotopic (exact) mass is 469 g/mol. The van der Waals surface area contributed by atoms with Crippen LogP contribution in [0.4, 0.5) is 0 Å². The van der Waals surface area contributed by atoms with E-state index in [2.05, 4.69) is 34.2 Å². The molecule has 0 N–H and O–H groups in total. The van der Waals surface area contributed by atoms with Crippen LogP contribution in [0.15, 0.2) is 85.7 Å². The molecule has 0 saturated heterocycles. The van der Waals surface area contributed by atoms with E-state index in [0.717, 1.165) is 55.6 Å². The molecule has 4 heterocycles. The van der Waals surface area contributed by atoms with Crippen molar-refractivity contribution in [1.82, 2.24) is 29.3 Å². The van der Waals surface area contributed by atoms with Crippen molar-refractivity contribution in [2.45, 2.75) is 19.3 Å². The van der Waals surface area contributed by atoms with Gasteiger partial charge in [-0.25, -0.2) is 9.97 Å². The van der Waals surface area contributed by atoms with Crippen molar-refractivity contribution in [3.63, 3.8) is 0 Å². The Kier molecular flexibility index (Phi) is 4.90. The number of benzene rings is 2. The lowest BCUT2D eigenvalue weighted by Gasteiger charge is -2.15. The largest absolute Gasteiger partial charge is 0.291 e.